The van der Waals surface area contributed by atoms with Gasteiger partial charge in [0, 0.05) is 6.54 Å². The molecule has 3 nitrogen and oxygen atoms in total. The van der Waals surface area contributed by atoms with Gasteiger partial charge >= 0.3 is 0 Å². The van der Waals surface area contributed by atoms with Gasteiger partial charge in [0.15, 0.2) is 5.96 Å². The molecule has 1 aliphatic rings. The molecule has 1 heterocycles. The van der Waals surface area contributed by atoms with E-state index >= 15 is 0 Å². The number of hydrogen-bond donors (Lipinski definition) is 2. The molecule has 0 fully saturated rings. The van der Waals surface area contributed by atoms with Crippen molar-refractivity contribution in [3.63, 3.8) is 0 Å². The number of benzene rings is 1. The lowest BCUT2D eigenvalue weighted by Crippen LogP contribution is -2.26. The molecule has 0 aliphatic carbocycles. The van der Waals surface area contributed by atoms with Crippen molar-refractivity contribution in [1.29, 1.82) is 0 Å². The van der Waals surface area contributed by atoms with Gasteiger partial charge in [-0.15, -0.1) is 12.4 Å². The summed E-state index contributed by atoms with van der Waals surface area (Å²) >= 11 is 5.96. The van der Waals surface area contributed by atoms with Crippen LogP contribution < -0.4 is 10.6 Å². The van der Waals surface area contributed by atoms with Crippen molar-refractivity contribution in [2.75, 3.05) is 18.4 Å². The normalized spacial score (nSPS) is 13.9. The molecule has 1 aromatic carbocycles. The molecule has 1 aliphatic heterocycles. The van der Waals surface area contributed by atoms with Crippen molar-refractivity contribution in [2.24, 2.45) is 4.99 Å². The minimum Gasteiger partial charge on any atom is -0.354 e. The first-order valence-corrected chi connectivity index (χ1v) is 4.54. The second-order valence-electron chi connectivity index (χ2n) is 2.76. The Kier molecular flexibility index (Phi) is 4.04. The Morgan fingerprint density at radius 3 is 2.79 bits per heavy atom. The van der Waals surface area contributed by atoms with E-state index in [-0.39, 0.29) is 12.4 Å². The Morgan fingerprint density at radius 1 is 1.36 bits per heavy atom. The number of hydrogen-bond acceptors (Lipinski definition) is 3. The molecule has 0 atom stereocenters. The van der Waals surface area contributed by atoms with Crippen molar-refractivity contribution in [3.8, 4) is 0 Å². The smallest absolute Gasteiger partial charge is 0.195 e. The molecule has 76 valence electrons. The fourth-order valence-electron chi connectivity index (χ4n) is 1.17. The maximum absolute atomic E-state index is 5.96. The number of nitrogens with zero attached hydrogens (tertiary/aromatic N) is 1. The Bertz CT molecular complexity index is 339. The van der Waals surface area contributed by atoms with Crippen LogP contribution in [0.5, 0.6) is 0 Å². The zero-order valence-electron chi connectivity index (χ0n) is 7.46. The van der Waals surface area contributed by atoms with Gasteiger partial charge in [0.2, 0.25) is 0 Å². The Balaban J connectivity index is 0.000000980. The predicted molar refractivity (Wildman–Crippen MR) is 62.6 cm³/mol. The molecule has 0 saturated heterocycles. The van der Waals surface area contributed by atoms with Crippen LogP contribution in [-0.2, 0) is 0 Å². The number of rotatable bonds is 1. The lowest BCUT2D eigenvalue weighted by Gasteiger charge is -2.07. The number of aliphatic imine (C=N–C) groups is 1. The average molecular weight is 232 g/mol. The van der Waals surface area contributed by atoms with Gasteiger partial charge in [-0.1, -0.05) is 23.7 Å². The summed E-state index contributed by atoms with van der Waals surface area (Å²) in [5, 5.41) is 6.94. The number of guanidine groups is 1. The summed E-state index contributed by atoms with van der Waals surface area (Å²) in [5.74, 6) is 0.799. The van der Waals surface area contributed by atoms with Crippen LogP contribution in [0.1, 0.15) is 0 Å². The summed E-state index contributed by atoms with van der Waals surface area (Å²) in [4.78, 5) is 4.21. The summed E-state index contributed by atoms with van der Waals surface area (Å²) in [7, 11) is 0. The zero-order valence-corrected chi connectivity index (χ0v) is 9.03. The highest BCUT2D eigenvalue weighted by atomic mass is 35.5. The van der Waals surface area contributed by atoms with Crippen molar-refractivity contribution in [2.45, 2.75) is 0 Å². The Morgan fingerprint density at radius 2 is 2.14 bits per heavy atom. The van der Waals surface area contributed by atoms with Crippen molar-refractivity contribution < 1.29 is 0 Å². The van der Waals surface area contributed by atoms with Gasteiger partial charge in [0.1, 0.15) is 0 Å². The largest absolute Gasteiger partial charge is 0.354 e. The van der Waals surface area contributed by atoms with E-state index in [1.165, 1.54) is 0 Å². The molecule has 0 aromatic heterocycles. The van der Waals surface area contributed by atoms with E-state index in [2.05, 4.69) is 15.6 Å². The standard InChI is InChI=1S/C9H10ClN3.ClH/c10-7-3-1-2-4-8(7)13-9-11-5-6-12-9;/h1-4H,5-6H2,(H2,11,12,13);1H. The van der Waals surface area contributed by atoms with E-state index in [9.17, 15) is 0 Å². The summed E-state index contributed by atoms with van der Waals surface area (Å²) < 4.78 is 0. The van der Waals surface area contributed by atoms with Crippen LogP contribution in [-0.4, -0.2) is 19.0 Å². The van der Waals surface area contributed by atoms with Crippen molar-refractivity contribution in [3.05, 3.63) is 29.3 Å². The van der Waals surface area contributed by atoms with Crippen LogP contribution >= 0.6 is 24.0 Å². The number of nitrogens with one attached hydrogen (secondary N) is 2. The van der Waals surface area contributed by atoms with Gasteiger partial charge in [-0.05, 0) is 12.1 Å². The van der Waals surface area contributed by atoms with Gasteiger partial charge in [-0.2, -0.15) is 0 Å². The molecule has 5 heteroatoms. The molecular weight excluding hydrogens is 221 g/mol. The highest BCUT2D eigenvalue weighted by Crippen LogP contribution is 2.20. The zero-order chi connectivity index (χ0) is 9.10. The first kappa shape index (κ1) is 11.1. The average Bonchev–Trinajstić information content (AvgIpc) is 2.61. The van der Waals surface area contributed by atoms with E-state index in [0.717, 1.165) is 24.7 Å². The van der Waals surface area contributed by atoms with Gasteiger partial charge < -0.3 is 10.6 Å². The van der Waals surface area contributed by atoms with Crippen LogP contribution in [0.2, 0.25) is 5.02 Å². The maximum atomic E-state index is 5.96. The van der Waals surface area contributed by atoms with Crippen LogP contribution in [0.4, 0.5) is 5.69 Å². The van der Waals surface area contributed by atoms with E-state index in [0.29, 0.717) is 5.02 Å². The number of anilines is 1. The van der Waals surface area contributed by atoms with Crippen LogP contribution in [0, 0.1) is 0 Å². The van der Waals surface area contributed by atoms with Crippen molar-refractivity contribution >= 4 is 35.7 Å². The van der Waals surface area contributed by atoms with E-state index < -0.39 is 0 Å². The fraction of sp³-hybridized carbons (Fsp3) is 0.222. The Hall–Kier alpha value is -0.930. The summed E-state index contributed by atoms with van der Waals surface area (Å²) in [6.07, 6.45) is 0. The number of halogens is 2. The maximum Gasteiger partial charge on any atom is 0.195 e. The summed E-state index contributed by atoms with van der Waals surface area (Å²) in [6.45, 7) is 1.72. The lowest BCUT2D eigenvalue weighted by molar-refractivity contribution is 0.959. The van der Waals surface area contributed by atoms with E-state index in [1.54, 1.807) is 0 Å². The van der Waals surface area contributed by atoms with Crippen LogP contribution in [0.3, 0.4) is 0 Å². The summed E-state index contributed by atoms with van der Waals surface area (Å²) in [5.41, 5.74) is 0.886. The molecule has 0 spiro atoms. The molecule has 2 rings (SSSR count). The quantitative estimate of drug-likeness (QED) is 0.778. The minimum atomic E-state index is 0. The first-order chi connectivity index (χ1) is 6.36. The third-order valence-corrected chi connectivity index (χ3v) is 2.13. The SMILES string of the molecule is Cl.Clc1ccccc1NC1=NCCN1. The van der Waals surface area contributed by atoms with Gasteiger partial charge in [0.25, 0.3) is 0 Å². The van der Waals surface area contributed by atoms with Gasteiger partial charge in [-0.3, -0.25) is 4.99 Å². The number of para-hydroxylation sites is 1. The molecule has 2 N–H and O–H groups in total. The van der Waals surface area contributed by atoms with E-state index in [4.69, 9.17) is 11.6 Å². The third kappa shape index (κ3) is 2.53. The highest BCUT2D eigenvalue weighted by Gasteiger charge is 2.05. The highest BCUT2D eigenvalue weighted by molar-refractivity contribution is 6.33. The van der Waals surface area contributed by atoms with E-state index in [1.807, 2.05) is 24.3 Å². The second-order valence-corrected chi connectivity index (χ2v) is 3.17. The molecule has 0 unspecified atom stereocenters. The van der Waals surface area contributed by atoms with Crippen LogP contribution in [0.25, 0.3) is 0 Å². The third-order valence-electron chi connectivity index (χ3n) is 1.80. The molecule has 14 heavy (non-hydrogen) atoms. The molecule has 0 radical (unpaired) electrons. The van der Waals surface area contributed by atoms with Gasteiger partial charge in [-0.25, -0.2) is 0 Å². The molecular formula is C9H11Cl2N3. The first-order valence-electron chi connectivity index (χ1n) is 4.16. The molecule has 0 bridgehead atoms. The second kappa shape index (κ2) is 5.08. The van der Waals surface area contributed by atoms with Gasteiger partial charge in [0.05, 0.1) is 17.3 Å². The molecule has 1 aromatic rings. The fourth-order valence-corrected chi connectivity index (χ4v) is 1.35. The molecule has 0 amide bonds. The monoisotopic (exact) mass is 231 g/mol. The minimum absolute atomic E-state index is 0. The molecule has 0 saturated carbocycles. The lowest BCUT2D eigenvalue weighted by atomic mass is 10.3. The summed E-state index contributed by atoms with van der Waals surface area (Å²) in [6, 6.07) is 7.60. The van der Waals surface area contributed by atoms with Crippen LogP contribution in [0.15, 0.2) is 29.3 Å². The Labute approximate surface area is 94.0 Å². The van der Waals surface area contributed by atoms with Crippen molar-refractivity contribution in [1.82, 2.24) is 5.32 Å². The topological polar surface area (TPSA) is 36.4 Å². The predicted octanol–water partition coefficient (Wildman–Crippen LogP) is 2.13.